The average molecular weight is 368 g/mol. The van der Waals surface area contributed by atoms with Crippen molar-refractivity contribution in [2.24, 2.45) is 5.73 Å². The van der Waals surface area contributed by atoms with Gasteiger partial charge >= 0.3 is 5.63 Å². The lowest BCUT2D eigenvalue weighted by Gasteiger charge is -2.13. The normalized spacial score (nSPS) is 10.8. The molecule has 3 rings (SSSR count). The Bertz CT molecular complexity index is 1030. The second-order valence-corrected chi connectivity index (χ2v) is 7.10. The zero-order chi connectivity index (χ0) is 18.7. The Labute approximate surface area is 155 Å². The van der Waals surface area contributed by atoms with Crippen LogP contribution in [0.5, 0.6) is 0 Å². The first-order valence-corrected chi connectivity index (χ1v) is 9.21. The molecule has 0 atom stereocenters. The molecule has 0 radical (unpaired) electrons. The molecule has 1 aromatic heterocycles. The number of primary amides is 1. The first-order valence-electron chi connectivity index (χ1n) is 8.22. The van der Waals surface area contributed by atoms with E-state index in [1.54, 1.807) is 0 Å². The van der Waals surface area contributed by atoms with Crippen LogP contribution in [-0.2, 0) is 11.3 Å². The van der Waals surface area contributed by atoms with Gasteiger partial charge in [-0.2, -0.15) is 0 Å². The molecule has 0 saturated heterocycles. The maximum Gasteiger partial charge on any atom is 0.336 e. The third-order valence-corrected chi connectivity index (χ3v) is 5.34. The molecule has 2 aromatic carbocycles. The van der Waals surface area contributed by atoms with Crippen LogP contribution in [0, 0.1) is 13.8 Å². The minimum Gasteiger partial charge on any atom is -0.422 e. The lowest BCUT2D eigenvalue weighted by molar-refractivity contribution is -0.115. The highest BCUT2D eigenvalue weighted by atomic mass is 32.2. The number of amides is 1. The SMILES string of the molecule is Cc1ccc2c(CNc3ccccc3SCC(N)=O)cc(=O)oc2c1C. The number of anilines is 1. The average Bonchev–Trinajstić information content (AvgIpc) is 2.62. The van der Waals surface area contributed by atoms with E-state index in [-0.39, 0.29) is 17.3 Å². The lowest BCUT2D eigenvalue weighted by Crippen LogP contribution is -2.13. The van der Waals surface area contributed by atoms with Crippen molar-refractivity contribution in [1.82, 2.24) is 0 Å². The monoisotopic (exact) mass is 368 g/mol. The van der Waals surface area contributed by atoms with E-state index in [4.69, 9.17) is 10.2 Å². The van der Waals surface area contributed by atoms with Gasteiger partial charge in [-0.05, 0) is 42.7 Å². The van der Waals surface area contributed by atoms with Gasteiger partial charge in [-0.1, -0.05) is 24.3 Å². The molecule has 134 valence electrons. The molecule has 1 amide bonds. The number of benzene rings is 2. The minimum absolute atomic E-state index is 0.217. The number of hydrogen-bond acceptors (Lipinski definition) is 5. The van der Waals surface area contributed by atoms with E-state index in [1.165, 1.54) is 17.8 Å². The summed E-state index contributed by atoms with van der Waals surface area (Å²) in [5, 5.41) is 4.27. The Morgan fingerprint density at radius 2 is 1.96 bits per heavy atom. The Morgan fingerprint density at radius 3 is 2.73 bits per heavy atom. The van der Waals surface area contributed by atoms with Gasteiger partial charge in [-0.25, -0.2) is 4.79 Å². The molecule has 0 unspecified atom stereocenters. The Hall–Kier alpha value is -2.73. The molecule has 0 aliphatic heterocycles. The topological polar surface area (TPSA) is 85.3 Å². The van der Waals surface area contributed by atoms with E-state index in [9.17, 15) is 9.59 Å². The number of nitrogens with two attached hydrogens (primary N) is 1. The van der Waals surface area contributed by atoms with Crippen LogP contribution >= 0.6 is 11.8 Å². The highest BCUT2D eigenvalue weighted by Crippen LogP contribution is 2.28. The number of carbonyl (C=O) groups excluding carboxylic acids is 1. The highest BCUT2D eigenvalue weighted by molar-refractivity contribution is 8.00. The van der Waals surface area contributed by atoms with Crippen molar-refractivity contribution < 1.29 is 9.21 Å². The quantitative estimate of drug-likeness (QED) is 0.513. The fourth-order valence-corrected chi connectivity index (χ4v) is 3.52. The third-order valence-electron chi connectivity index (χ3n) is 4.24. The van der Waals surface area contributed by atoms with E-state index in [2.05, 4.69) is 5.32 Å². The van der Waals surface area contributed by atoms with Gasteiger partial charge in [0.25, 0.3) is 0 Å². The number of nitrogens with one attached hydrogen (secondary N) is 1. The van der Waals surface area contributed by atoms with Crippen molar-refractivity contribution in [3.05, 3.63) is 69.6 Å². The molecule has 5 nitrogen and oxygen atoms in total. The van der Waals surface area contributed by atoms with E-state index in [0.29, 0.717) is 12.1 Å². The van der Waals surface area contributed by atoms with Crippen molar-refractivity contribution in [3.63, 3.8) is 0 Å². The number of hydrogen-bond donors (Lipinski definition) is 2. The summed E-state index contributed by atoms with van der Waals surface area (Å²) in [7, 11) is 0. The summed E-state index contributed by atoms with van der Waals surface area (Å²) >= 11 is 1.38. The van der Waals surface area contributed by atoms with Crippen molar-refractivity contribution in [2.75, 3.05) is 11.1 Å². The van der Waals surface area contributed by atoms with E-state index in [1.807, 2.05) is 50.2 Å². The number of aryl methyl sites for hydroxylation is 2. The van der Waals surface area contributed by atoms with Gasteiger partial charge in [0, 0.05) is 28.6 Å². The molecular formula is C20H20N2O3S. The van der Waals surface area contributed by atoms with Crippen molar-refractivity contribution in [1.29, 1.82) is 0 Å². The maximum absolute atomic E-state index is 12.0. The molecule has 6 heteroatoms. The van der Waals surface area contributed by atoms with Gasteiger partial charge in [0.15, 0.2) is 0 Å². The van der Waals surface area contributed by atoms with E-state index in [0.717, 1.165) is 32.7 Å². The molecule has 1 heterocycles. The molecule has 3 aromatic rings. The lowest BCUT2D eigenvalue weighted by atomic mass is 10.0. The van der Waals surface area contributed by atoms with Crippen LogP contribution in [0.2, 0.25) is 0 Å². The number of para-hydroxylation sites is 1. The second kappa shape index (κ2) is 7.66. The van der Waals surface area contributed by atoms with Gasteiger partial charge in [-0.15, -0.1) is 11.8 Å². The zero-order valence-electron chi connectivity index (χ0n) is 14.7. The molecule has 3 N–H and O–H groups in total. The molecule has 0 fully saturated rings. The summed E-state index contributed by atoms with van der Waals surface area (Å²) in [6.07, 6.45) is 0. The van der Waals surface area contributed by atoms with Crippen LogP contribution in [0.25, 0.3) is 11.0 Å². The summed E-state index contributed by atoms with van der Waals surface area (Å²) < 4.78 is 5.42. The number of rotatable bonds is 6. The molecule has 0 saturated carbocycles. The van der Waals surface area contributed by atoms with E-state index < -0.39 is 0 Å². The smallest absolute Gasteiger partial charge is 0.336 e. The number of fused-ring (bicyclic) bond motifs is 1. The van der Waals surface area contributed by atoms with Crippen LogP contribution in [0.15, 0.2) is 56.6 Å². The largest absolute Gasteiger partial charge is 0.422 e. The van der Waals surface area contributed by atoms with Crippen LogP contribution in [0.3, 0.4) is 0 Å². The summed E-state index contributed by atoms with van der Waals surface area (Å²) in [4.78, 5) is 24.0. The fourth-order valence-electron chi connectivity index (χ4n) is 2.75. The Kier molecular flexibility index (Phi) is 5.32. The van der Waals surface area contributed by atoms with Crippen LogP contribution in [0.1, 0.15) is 16.7 Å². The molecule has 26 heavy (non-hydrogen) atoms. The Morgan fingerprint density at radius 1 is 1.19 bits per heavy atom. The summed E-state index contributed by atoms with van der Waals surface area (Å²) in [5.41, 5.74) is 9.32. The zero-order valence-corrected chi connectivity index (χ0v) is 15.5. The molecular weight excluding hydrogens is 348 g/mol. The summed E-state index contributed by atoms with van der Waals surface area (Å²) in [5.74, 6) is -0.142. The first-order chi connectivity index (χ1) is 12.5. The number of carbonyl (C=O) groups is 1. The van der Waals surface area contributed by atoms with E-state index >= 15 is 0 Å². The third kappa shape index (κ3) is 3.91. The van der Waals surface area contributed by atoms with Gasteiger partial charge in [-0.3, -0.25) is 4.79 Å². The number of thioether (sulfide) groups is 1. The van der Waals surface area contributed by atoms with Crippen LogP contribution < -0.4 is 16.7 Å². The minimum atomic E-state index is -0.362. The second-order valence-electron chi connectivity index (χ2n) is 6.08. The van der Waals surface area contributed by atoms with Crippen LogP contribution in [0.4, 0.5) is 5.69 Å². The maximum atomic E-state index is 12.0. The summed E-state index contributed by atoms with van der Waals surface area (Å²) in [6, 6.07) is 13.2. The van der Waals surface area contributed by atoms with Crippen molar-refractivity contribution in [3.8, 4) is 0 Å². The predicted molar refractivity (Wildman–Crippen MR) is 106 cm³/mol. The van der Waals surface area contributed by atoms with Crippen molar-refractivity contribution in [2.45, 2.75) is 25.3 Å². The fraction of sp³-hybridized carbons (Fsp3) is 0.200. The molecule has 0 bridgehead atoms. The summed E-state index contributed by atoms with van der Waals surface area (Å²) in [6.45, 7) is 4.41. The van der Waals surface area contributed by atoms with Gasteiger partial charge in [0.05, 0.1) is 5.75 Å². The Balaban J connectivity index is 1.90. The highest BCUT2D eigenvalue weighted by Gasteiger charge is 2.10. The van der Waals surface area contributed by atoms with Crippen LogP contribution in [-0.4, -0.2) is 11.7 Å². The molecule has 0 aliphatic rings. The first kappa shape index (κ1) is 18.1. The predicted octanol–water partition coefficient (Wildman–Crippen LogP) is 3.60. The van der Waals surface area contributed by atoms with Gasteiger partial charge in [0.1, 0.15) is 5.58 Å². The standard InChI is InChI=1S/C20H20N2O3S/c1-12-7-8-15-14(9-19(24)25-20(15)13(12)2)10-22-16-5-3-4-6-17(16)26-11-18(21)23/h3-9,22H,10-11H2,1-2H3,(H2,21,23). The molecule has 0 aliphatic carbocycles. The van der Waals surface area contributed by atoms with Gasteiger partial charge in [0.2, 0.25) is 5.91 Å². The van der Waals surface area contributed by atoms with Crippen molar-refractivity contribution >= 4 is 34.3 Å². The molecule has 0 spiro atoms. The van der Waals surface area contributed by atoms with Gasteiger partial charge < -0.3 is 15.5 Å².